The maximum atomic E-state index is 12.8. The fraction of sp³-hybridized carbons (Fsp3) is 0.321. The van der Waals surface area contributed by atoms with Crippen molar-refractivity contribution in [2.75, 3.05) is 32.8 Å². The molecule has 0 aromatic heterocycles. The standard InChI is InChI=1S/C28H31ClN2O2/c1-22-21-25(29)14-15-26(22)33-20-8-13-27(32)30-16-18-31(19-17-30)28(23-9-4-2-5-10-23)24-11-6-3-7-12-24/h2-7,9-12,14-15,21,28H,8,13,16-20H2,1H3. The molecule has 1 saturated heterocycles. The number of carbonyl (C=O) groups is 1. The zero-order valence-electron chi connectivity index (χ0n) is 19.1. The molecule has 0 bridgehead atoms. The van der Waals surface area contributed by atoms with E-state index in [4.69, 9.17) is 16.3 Å². The third-order valence-electron chi connectivity index (χ3n) is 6.19. The molecule has 172 valence electrons. The van der Waals surface area contributed by atoms with Crippen LogP contribution in [0.4, 0.5) is 0 Å². The lowest BCUT2D eigenvalue weighted by molar-refractivity contribution is -0.133. The molecule has 0 atom stereocenters. The van der Waals surface area contributed by atoms with E-state index in [1.54, 1.807) is 0 Å². The van der Waals surface area contributed by atoms with Crippen LogP contribution in [-0.2, 0) is 4.79 Å². The average Bonchev–Trinajstić information content (AvgIpc) is 2.85. The zero-order valence-corrected chi connectivity index (χ0v) is 19.9. The number of benzene rings is 3. The van der Waals surface area contributed by atoms with E-state index in [9.17, 15) is 4.79 Å². The second-order valence-corrected chi connectivity index (χ2v) is 8.94. The SMILES string of the molecule is Cc1cc(Cl)ccc1OCCCC(=O)N1CCN(C(c2ccccc2)c2ccccc2)CC1. The summed E-state index contributed by atoms with van der Waals surface area (Å²) in [6.45, 7) is 5.74. The van der Waals surface area contributed by atoms with Crippen molar-refractivity contribution in [3.05, 3.63) is 101 Å². The van der Waals surface area contributed by atoms with Gasteiger partial charge >= 0.3 is 0 Å². The number of ether oxygens (including phenoxy) is 1. The summed E-state index contributed by atoms with van der Waals surface area (Å²) in [5, 5.41) is 0.705. The minimum Gasteiger partial charge on any atom is -0.493 e. The van der Waals surface area contributed by atoms with Crippen LogP contribution < -0.4 is 4.74 Å². The number of amides is 1. The smallest absolute Gasteiger partial charge is 0.222 e. The van der Waals surface area contributed by atoms with E-state index in [0.717, 1.165) is 37.5 Å². The Kier molecular flexibility index (Phi) is 8.03. The van der Waals surface area contributed by atoms with Crippen molar-refractivity contribution < 1.29 is 9.53 Å². The largest absolute Gasteiger partial charge is 0.493 e. The highest BCUT2D eigenvalue weighted by Gasteiger charge is 2.27. The van der Waals surface area contributed by atoms with Gasteiger partial charge in [-0.1, -0.05) is 72.3 Å². The molecule has 3 aromatic rings. The number of piperazine rings is 1. The number of carbonyl (C=O) groups excluding carboxylic acids is 1. The van der Waals surface area contributed by atoms with Crippen LogP contribution in [0.3, 0.4) is 0 Å². The van der Waals surface area contributed by atoms with E-state index in [1.165, 1.54) is 11.1 Å². The molecule has 1 fully saturated rings. The Balaban J connectivity index is 1.28. The fourth-order valence-corrected chi connectivity index (χ4v) is 4.68. The Labute approximate surface area is 201 Å². The van der Waals surface area contributed by atoms with Gasteiger partial charge in [0, 0.05) is 37.6 Å². The Bertz CT molecular complexity index is 995. The van der Waals surface area contributed by atoms with Crippen molar-refractivity contribution >= 4 is 17.5 Å². The predicted octanol–water partition coefficient (Wildman–Crippen LogP) is 5.74. The summed E-state index contributed by atoms with van der Waals surface area (Å²) >= 11 is 6.00. The van der Waals surface area contributed by atoms with Gasteiger partial charge in [-0.15, -0.1) is 0 Å². The van der Waals surface area contributed by atoms with E-state index in [2.05, 4.69) is 65.6 Å². The van der Waals surface area contributed by atoms with Crippen molar-refractivity contribution in [2.24, 2.45) is 0 Å². The summed E-state index contributed by atoms with van der Waals surface area (Å²) < 4.78 is 5.84. The highest BCUT2D eigenvalue weighted by atomic mass is 35.5. The molecule has 4 rings (SSSR count). The maximum absolute atomic E-state index is 12.8. The number of aryl methyl sites for hydroxylation is 1. The van der Waals surface area contributed by atoms with Gasteiger partial charge in [0.05, 0.1) is 12.6 Å². The Morgan fingerprint density at radius 2 is 1.52 bits per heavy atom. The summed E-state index contributed by atoms with van der Waals surface area (Å²) in [6, 6.07) is 27.1. The van der Waals surface area contributed by atoms with Gasteiger partial charge in [0.1, 0.15) is 5.75 Å². The van der Waals surface area contributed by atoms with Gasteiger partial charge in [-0.2, -0.15) is 0 Å². The first kappa shape index (κ1) is 23.3. The summed E-state index contributed by atoms with van der Waals surface area (Å²) in [7, 11) is 0. The summed E-state index contributed by atoms with van der Waals surface area (Å²) in [6.07, 6.45) is 1.21. The maximum Gasteiger partial charge on any atom is 0.222 e. The molecule has 0 N–H and O–H groups in total. The molecule has 1 aliphatic rings. The number of nitrogens with zero attached hydrogens (tertiary/aromatic N) is 2. The summed E-state index contributed by atoms with van der Waals surface area (Å²) in [4.78, 5) is 17.3. The van der Waals surface area contributed by atoms with Crippen LogP contribution in [0.5, 0.6) is 5.75 Å². The van der Waals surface area contributed by atoms with E-state index in [-0.39, 0.29) is 11.9 Å². The van der Waals surface area contributed by atoms with Crippen LogP contribution in [0.15, 0.2) is 78.9 Å². The van der Waals surface area contributed by atoms with Gasteiger partial charge in [-0.25, -0.2) is 0 Å². The predicted molar refractivity (Wildman–Crippen MR) is 134 cm³/mol. The van der Waals surface area contributed by atoms with E-state index < -0.39 is 0 Å². The molecular formula is C28H31ClN2O2. The molecule has 1 amide bonds. The lowest BCUT2D eigenvalue weighted by Gasteiger charge is -2.40. The van der Waals surface area contributed by atoms with Crippen LogP contribution in [0, 0.1) is 6.92 Å². The second-order valence-electron chi connectivity index (χ2n) is 8.50. The zero-order chi connectivity index (χ0) is 23.0. The molecule has 0 radical (unpaired) electrons. The monoisotopic (exact) mass is 462 g/mol. The molecule has 33 heavy (non-hydrogen) atoms. The van der Waals surface area contributed by atoms with Crippen molar-refractivity contribution in [2.45, 2.75) is 25.8 Å². The van der Waals surface area contributed by atoms with Crippen molar-refractivity contribution in [3.8, 4) is 5.75 Å². The Morgan fingerprint density at radius 1 is 0.909 bits per heavy atom. The second kappa shape index (κ2) is 11.4. The van der Waals surface area contributed by atoms with Crippen LogP contribution in [0.25, 0.3) is 0 Å². The number of rotatable bonds is 8. The van der Waals surface area contributed by atoms with Gasteiger partial charge in [0.25, 0.3) is 0 Å². The Hall–Kier alpha value is -2.82. The fourth-order valence-electron chi connectivity index (χ4n) is 4.45. The normalized spacial score (nSPS) is 14.5. The first-order valence-corrected chi connectivity index (χ1v) is 12.0. The van der Waals surface area contributed by atoms with Gasteiger partial charge < -0.3 is 9.64 Å². The van der Waals surface area contributed by atoms with Crippen molar-refractivity contribution in [1.82, 2.24) is 9.80 Å². The molecule has 1 heterocycles. The molecular weight excluding hydrogens is 432 g/mol. The minimum absolute atomic E-state index is 0.209. The first-order chi connectivity index (χ1) is 16.1. The van der Waals surface area contributed by atoms with Crippen LogP contribution in [0.2, 0.25) is 5.02 Å². The number of hydrogen-bond donors (Lipinski definition) is 0. The highest BCUT2D eigenvalue weighted by molar-refractivity contribution is 6.30. The lowest BCUT2D eigenvalue weighted by Crippen LogP contribution is -2.49. The van der Waals surface area contributed by atoms with Gasteiger partial charge in [0.15, 0.2) is 0 Å². The quantitative estimate of drug-likeness (QED) is 0.400. The molecule has 1 aliphatic heterocycles. The van der Waals surface area contributed by atoms with Gasteiger partial charge in [-0.3, -0.25) is 9.69 Å². The van der Waals surface area contributed by atoms with Crippen LogP contribution in [0.1, 0.15) is 35.6 Å². The van der Waals surface area contributed by atoms with Gasteiger partial charge in [-0.05, 0) is 48.2 Å². The van der Waals surface area contributed by atoms with E-state index in [1.807, 2.05) is 30.0 Å². The van der Waals surface area contributed by atoms with E-state index in [0.29, 0.717) is 24.5 Å². The van der Waals surface area contributed by atoms with Crippen molar-refractivity contribution in [1.29, 1.82) is 0 Å². The van der Waals surface area contributed by atoms with Gasteiger partial charge in [0.2, 0.25) is 5.91 Å². The highest BCUT2D eigenvalue weighted by Crippen LogP contribution is 2.29. The molecule has 0 unspecified atom stereocenters. The number of hydrogen-bond acceptors (Lipinski definition) is 3. The van der Waals surface area contributed by atoms with Crippen LogP contribution in [-0.4, -0.2) is 48.5 Å². The molecule has 0 saturated carbocycles. The first-order valence-electron chi connectivity index (χ1n) is 11.6. The molecule has 4 nitrogen and oxygen atoms in total. The lowest BCUT2D eigenvalue weighted by atomic mass is 9.96. The third-order valence-corrected chi connectivity index (χ3v) is 6.43. The minimum atomic E-state index is 0.209. The molecule has 3 aromatic carbocycles. The number of halogens is 1. The molecule has 0 aliphatic carbocycles. The molecule has 0 spiro atoms. The topological polar surface area (TPSA) is 32.8 Å². The third kappa shape index (κ3) is 6.16. The average molecular weight is 463 g/mol. The Morgan fingerprint density at radius 3 is 2.09 bits per heavy atom. The molecule has 5 heteroatoms. The van der Waals surface area contributed by atoms with Crippen molar-refractivity contribution in [3.63, 3.8) is 0 Å². The summed E-state index contributed by atoms with van der Waals surface area (Å²) in [5.74, 6) is 1.04. The van der Waals surface area contributed by atoms with Crippen LogP contribution >= 0.6 is 11.6 Å². The van der Waals surface area contributed by atoms with E-state index >= 15 is 0 Å². The summed E-state index contributed by atoms with van der Waals surface area (Å²) in [5.41, 5.74) is 3.59.